The van der Waals surface area contributed by atoms with Crippen LogP contribution in [0, 0.1) is 5.92 Å². The van der Waals surface area contributed by atoms with Gasteiger partial charge in [0.05, 0.1) is 0 Å². The van der Waals surface area contributed by atoms with Crippen LogP contribution >= 0.6 is 0 Å². The quantitative estimate of drug-likeness (QED) is 0.887. The van der Waals surface area contributed by atoms with Gasteiger partial charge in [-0.15, -0.1) is 0 Å². The largest absolute Gasteiger partial charge is 0.384 e. The molecule has 2 rings (SSSR count). The Bertz CT molecular complexity index is 473. The van der Waals surface area contributed by atoms with E-state index in [0.29, 0.717) is 23.3 Å². The number of aryl methyl sites for hydroxylation is 1. The number of nitrogens with one attached hydrogen (secondary N) is 1. The first-order valence-corrected chi connectivity index (χ1v) is 7.67. The zero-order chi connectivity index (χ0) is 14.5. The van der Waals surface area contributed by atoms with E-state index in [1.54, 1.807) is 6.07 Å². The summed E-state index contributed by atoms with van der Waals surface area (Å²) in [5.41, 5.74) is 7.33. The molecule has 20 heavy (non-hydrogen) atoms. The number of rotatable bonds is 4. The molecule has 2 unspecified atom stereocenters. The van der Waals surface area contributed by atoms with Gasteiger partial charge in [0.25, 0.3) is 5.91 Å². The molecule has 0 spiro atoms. The van der Waals surface area contributed by atoms with Gasteiger partial charge in [-0.2, -0.15) is 0 Å². The van der Waals surface area contributed by atoms with Crippen LogP contribution in [0.15, 0.2) is 12.1 Å². The maximum absolute atomic E-state index is 12.4. The summed E-state index contributed by atoms with van der Waals surface area (Å²) in [5, 5.41) is 3.16. The normalized spacial score (nSPS) is 22.5. The molecule has 2 atom stereocenters. The average molecular weight is 275 g/mol. The molecule has 1 aliphatic carbocycles. The fourth-order valence-corrected chi connectivity index (χ4v) is 2.91. The highest BCUT2D eigenvalue weighted by Gasteiger charge is 2.23. The van der Waals surface area contributed by atoms with E-state index >= 15 is 0 Å². The molecule has 4 nitrogen and oxygen atoms in total. The highest BCUT2D eigenvalue weighted by molar-refractivity contribution is 5.95. The molecule has 1 fully saturated rings. The SMILES string of the molecule is CCCc1cc(C(=O)NC2CCCCC2C)cc(N)n1. The number of hydrogen-bond donors (Lipinski definition) is 2. The number of nitrogen functional groups attached to an aromatic ring is 1. The van der Waals surface area contributed by atoms with Gasteiger partial charge in [0.1, 0.15) is 5.82 Å². The number of carbonyl (C=O) groups excluding carboxylic acids is 1. The lowest BCUT2D eigenvalue weighted by Gasteiger charge is -2.29. The summed E-state index contributed by atoms with van der Waals surface area (Å²) in [6.45, 7) is 4.31. The Morgan fingerprint density at radius 3 is 2.85 bits per heavy atom. The molecule has 3 N–H and O–H groups in total. The number of pyridine rings is 1. The lowest BCUT2D eigenvalue weighted by Crippen LogP contribution is -2.41. The zero-order valence-corrected chi connectivity index (χ0v) is 12.5. The Morgan fingerprint density at radius 1 is 1.40 bits per heavy atom. The number of carbonyl (C=O) groups is 1. The second-order valence-corrected chi connectivity index (χ2v) is 5.86. The van der Waals surface area contributed by atoms with E-state index in [4.69, 9.17) is 5.73 Å². The van der Waals surface area contributed by atoms with E-state index < -0.39 is 0 Å². The first kappa shape index (κ1) is 14.8. The summed E-state index contributed by atoms with van der Waals surface area (Å²) in [4.78, 5) is 16.6. The van der Waals surface area contributed by atoms with E-state index in [9.17, 15) is 4.79 Å². The molecule has 0 radical (unpaired) electrons. The Morgan fingerprint density at radius 2 is 2.15 bits per heavy atom. The van der Waals surface area contributed by atoms with Gasteiger partial charge in [-0.05, 0) is 37.3 Å². The number of hydrogen-bond acceptors (Lipinski definition) is 3. The minimum Gasteiger partial charge on any atom is -0.384 e. The van der Waals surface area contributed by atoms with Crippen LogP contribution in [0.4, 0.5) is 5.82 Å². The minimum atomic E-state index is -0.0183. The number of anilines is 1. The summed E-state index contributed by atoms with van der Waals surface area (Å²) in [5.74, 6) is 0.968. The molecule has 110 valence electrons. The van der Waals surface area contributed by atoms with E-state index in [1.807, 2.05) is 6.07 Å². The number of nitrogens with zero attached hydrogens (tertiary/aromatic N) is 1. The highest BCUT2D eigenvalue weighted by atomic mass is 16.1. The molecular weight excluding hydrogens is 250 g/mol. The molecule has 1 aromatic heterocycles. The highest BCUT2D eigenvalue weighted by Crippen LogP contribution is 2.24. The van der Waals surface area contributed by atoms with E-state index in [0.717, 1.165) is 25.0 Å². The van der Waals surface area contributed by atoms with Crippen molar-refractivity contribution in [2.45, 2.75) is 58.4 Å². The third kappa shape index (κ3) is 3.71. The van der Waals surface area contributed by atoms with Gasteiger partial charge >= 0.3 is 0 Å². The van der Waals surface area contributed by atoms with Gasteiger partial charge in [-0.1, -0.05) is 33.1 Å². The zero-order valence-electron chi connectivity index (χ0n) is 12.5. The fraction of sp³-hybridized carbons (Fsp3) is 0.625. The predicted molar refractivity (Wildman–Crippen MR) is 81.5 cm³/mol. The van der Waals surface area contributed by atoms with Crippen LogP contribution in [0.2, 0.25) is 0 Å². The van der Waals surface area contributed by atoms with E-state index in [-0.39, 0.29) is 5.91 Å². The van der Waals surface area contributed by atoms with Crippen LogP contribution in [-0.2, 0) is 6.42 Å². The van der Waals surface area contributed by atoms with Crippen LogP contribution < -0.4 is 11.1 Å². The lowest BCUT2D eigenvalue weighted by atomic mass is 9.86. The molecule has 1 heterocycles. The number of nitrogens with two attached hydrogens (primary N) is 1. The molecule has 0 saturated heterocycles. The Hall–Kier alpha value is -1.58. The maximum atomic E-state index is 12.4. The smallest absolute Gasteiger partial charge is 0.251 e. The first-order valence-electron chi connectivity index (χ1n) is 7.67. The van der Waals surface area contributed by atoms with Gasteiger partial charge in [0, 0.05) is 17.3 Å². The van der Waals surface area contributed by atoms with Crippen molar-refractivity contribution in [3.05, 3.63) is 23.4 Å². The summed E-state index contributed by atoms with van der Waals surface area (Å²) in [6.07, 6.45) is 6.60. The molecule has 1 amide bonds. The van der Waals surface area contributed by atoms with Crippen molar-refractivity contribution in [2.24, 2.45) is 5.92 Å². The van der Waals surface area contributed by atoms with Crippen molar-refractivity contribution in [3.8, 4) is 0 Å². The fourth-order valence-electron chi connectivity index (χ4n) is 2.91. The van der Waals surface area contributed by atoms with Gasteiger partial charge in [0.15, 0.2) is 0 Å². The molecule has 1 aliphatic rings. The van der Waals surface area contributed by atoms with Crippen molar-refractivity contribution in [3.63, 3.8) is 0 Å². The van der Waals surface area contributed by atoms with Gasteiger partial charge in [-0.25, -0.2) is 4.98 Å². The molecule has 1 aromatic rings. The van der Waals surface area contributed by atoms with Gasteiger partial charge in [0.2, 0.25) is 0 Å². The third-order valence-electron chi connectivity index (χ3n) is 4.09. The summed E-state index contributed by atoms with van der Waals surface area (Å²) < 4.78 is 0. The number of amides is 1. The van der Waals surface area contributed by atoms with Crippen LogP contribution in [0.3, 0.4) is 0 Å². The average Bonchev–Trinajstić information content (AvgIpc) is 2.41. The summed E-state index contributed by atoms with van der Waals surface area (Å²) in [7, 11) is 0. The van der Waals surface area contributed by atoms with Crippen LogP contribution in [0.5, 0.6) is 0 Å². The second kappa shape index (κ2) is 6.73. The topological polar surface area (TPSA) is 68.0 Å². The van der Waals surface area contributed by atoms with Gasteiger partial charge in [-0.3, -0.25) is 4.79 Å². The van der Waals surface area contributed by atoms with Crippen molar-refractivity contribution < 1.29 is 4.79 Å². The monoisotopic (exact) mass is 275 g/mol. The van der Waals surface area contributed by atoms with Crippen molar-refractivity contribution in [1.82, 2.24) is 10.3 Å². The molecule has 0 aromatic carbocycles. The van der Waals surface area contributed by atoms with E-state index in [1.165, 1.54) is 19.3 Å². The van der Waals surface area contributed by atoms with Crippen LogP contribution in [0.25, 0.3) is 0 Å². The maximum Gasteiger partial charge on any atom is 0.251 e. The van der Waals surface area contributed by atoms with E-state index in [2.05, 4.69) is 24.1 Å². The van der Waals surface area contributed by atoms with Gasteiger partial charge < -0.3 is 11.1 Å². The Labute approximate surface area is 121 Å². The first-order chi connectivity index (χ1) is 9.60. The molecule has 1 saturated carbocycles. The third-order valence-corrected chi connectivity index (χ3v) is 4.09. The lowest BCUT2D eigenvalue weighted by molar-refractivity contribution is 0.0910. The molecule has 0 aliphatic heterocycles. The second-order valence-electron chi connectivity index (χ2n) is 5.86. The van der Waals surface area contributed by atoms with Crippen LogP contribution in [0.1, 0.15) is 62.0 Å². The minimum absolute atomic E-state index is 0.0183. The molecular formula is C16H25N3O. The standard InChI is InChI=1S/C16H25N3O/c1-3-6-13-9-12(10-15(17)18-13)16(20)19-14-8-5-4-7-11(14)2/h9-11,14H,3-8H2,1-2H3,(H2,17,18)(H,19,20). The van der Waals surface area contributed by atoms with Crippen molar-refractivity contribution >= 4 is 11.7 Å². The number of aromatic nitrogens is 1. The molecule has 0 bridgehead atoms. The summed E-state index contributed by atoms with van der Waals surface area (Å²) >= 11 is 0. The Balaban J connectivity index is 2.08. The molecule has 4 heteroatoms. The van der Waals surface area contributed by atoms with Crippen molar-refractivity contribution in [1.29, 1.82) is 0 Å². The van der Waals surface area contributed by atoms with Crippen molar-refractivity contribution in [2.75, 3.05) is 5.73 Å². The summed E-state index contributed by atoms with van der Waals surface area (Å²) in [6, 6.07) is 3.82. The Kier molecular flexibility index (Phi) is 4.99. The predicted octanol–water partition coefficient (Wildman–Crippen LogP) is 2.92. The van der Waals surface area contributed by atoms with Crippen LogP contribution in [-0.4, -0.2) is 16.9 Å².